The first-order valence-electron chi connectivity index (χ1n) is 8.89. The second-order valence-corrected chi connectivity index (χ2v) is 7.17. The summed E-state index contributed by atoms with van der Waals surface area (Å²) >= 11 is 0. The molecule has 5 heteroatoms. The highest BCUT2D eigenvalue weighted by Crippen LogP contribution is 2.47. The smallest absolute Gasteiger partial charge is 0.189 e. The Morgan fingerprint density at radius 3 is 2.88 bits per heavy atom. The van der Waals surface area contributed by atoms with Crippen molar-refractivity contribution in [3.05, 3.63) is 54.1 Å². The molecule has 0 aromatic heterocycles. The third-order valence-electron chi connectivity index (χ3n) is 5.70. The van der Waals surface area contributed by atoms with E-state index >= 15 is 0 Å². The first-order chi connectivity index (χ1) is 12.4. The van der Waals surface area contributed by atoms with Gasteiger partial charge < -0.3 is 14.2 Å². The standard InChI is InChI=1S/C21H25FO4/c1-5-13(2)17-11-21(20(10-19(17)23)25-12-26-21)14(3)8-15-6-7-16(24-4)9-18(15)22/h5-7,9-10,13-14,17H,1,8,11-12H2,2-4H3/t13?,14-,17-,21-/m1/s1. The minimum atomic E-state index is -0.706. The number of carbonyl (C=O) groups is 1. The summed E-state index contributed by atoms with van der Waals surface area (Å²) in [4.78, 5) is 12.5. The SMILES string of the molecule is C=CC(C)[C@H]1C[C@]2([C@H](C)Cc3ccc(OC)cc3F)OCOC2=CC1=O. The van der Waals surface area contributed by atoms with Gasteiger partial charge in [0.25, 0.3) is 0 Å². The summed E-state index contributed by atoms with van der Waals surface area (Å²) in [6, 6.07) is 4.87. The lowest BCUT2D eigenvalue weighted by molar-refractivity contribution is -0.124. The Balaban J connectivity index is 1.89. The van der Waals surface area contributed by atoms with Gasteiger partial charge >= 0.3 is 0 Å². The van der Waals surface area contributed by atoms with Crippen LogP contribution in [0.1, 0.15) is 25.8 Å². The van der Waals surface area contributed by atoms with E-state index < -0.39 is 5.60 Å². The molecule has 4 nitrogen and oxygen atoms in total. The molecule has 2 aliphatic rings. The van der Waals surface area contributed by atoms with E-state index in [9.17, 15) is 9.18 Å². The molecule has 1 aliphatic carbocycles. The van der Waals surface area contributed by atoms with Gasteiger partial charge in [-0.15, -0.1) is 6.58 Å². The lowest BCUT2D eigenvalue weighted by Gasteiger charge is -2.39. The number of rotatable bonds is 6. The zero-order valence-electron chi connectivity index (χ0n) is 15.5. The van der Waals surface area contributed by atoms with E-state index in [4.69, 9.17) is 14.2 Å². The lowest BCUT2D eigenvalue weighted by Crippen LogP contribution is -2.46. The molecule has 4 atom stereocenters. The van der Waals surface area contributed by atoms with Gasteiger partial charge in [0.2, 0.25) is 0 Å². The van der Waals surface area contributed by atoms with Crippen molar-refractivity contribution < 1.29 is 23.4 Å². The summed E-state index contributed by atoms with van der Waals surface area (Å²) in [5, 5.41) is 0. The third kappa shape index (κ3) is 3.16. The number of ketones is 1. The Kier molecular flexibility index (Phi) is 5.19. The molecular weight excluding hydrogens is 335 g/mol. The molecule has 3 rings (SSSR count). The van der Waals surface area contributed by atoms with E-state index in [1.807, 2.05) is 13.8 Å². The second-order valence-electron chi connectivity index (χ2n) is 7.17. The van der Waals surface area contributed by atoms with Gasteiger partial charge in [-0.3, -0.25) is 4.79 Å². The molecule has 1 aromatic rings. The summed E-state index contributed by atoms with van der Waals surface area (Å²) in [7, 11) is 1.51. The van der Waals surface area contributed by atoms with Gasteiger partial charge in [0.1, 0.15) is 22.9 Å². The van der Waals surface area contributed by atoms with Crippen LogP contribution >= 0.6 is 0 Å². The largest absolute Gasteiger partial charge is 0.497 e. The summed E-state index contributed by atoms with van der Waals surface area (Å²) in [5.74, 6) is 0.549. The molecule has 1 unspecified atom stereocenters. The Morgan fingerprint density at radius 2 is 2.23 bits per heavy atom. The monoisotopic (exact) mass is 360 g/mol. The van der Waals surface area contributed by atoms with Crippen molar-refractivity contribution in [3.8, 4) is 5.75 Å². The summed E-state index contributed by atoms with van der Waals surface area (Å²) in [6.45, 7) is 7.92. The topological polar surface area (TPSA) is 44.8 Å². The molecule has 0 bridgehead atoms. The van der Waals surface area contributed by atoms with Crippen LogP contribution in [0, 0.1) is 23.6 Å². The van der Waals surface area contributed by atoms with Gasteiger partial charge in [-0.2, -0.15) is 0 Å². The molecule has 0 amide bonds. The van der Waals surface area contributed by atoms with Crippen molar-refractivity contribution >= 4 is 5.78 Å². The Hall–Kier alpha value is -2.14. The van der Waals surface area contributed by atoms with Crippen LogP contribution in [0.3, 0.4) is 0 Å². The number of fused-ring (bicyclic) bond motifs is 1. The van der Waals surface area contributed by atoms with Crippen molar-refractivity contribution in [3.63, 3.8) is 0 Å². The summed E-state index contributed by atoms with van der Waals surface area (Å²) in [6.07, 6.45) is 4.34. The van der Waals surface area contributed by atoms with Crippen LogP contribution in [0.4, 0.5) is 4.39 Å². The van der Waals surface area contributed by atoms with Crippen LogP contribution < -0.4 is 4.74 Å². The molecule has 0 N–H and O–H groups in total. The highest BCUT2D eigenvalue weighted by Gasteiger charge is 2.52. The fraction of sp³-hybridized carbons (Fsp3) is 0.476. The molecule has 0 radical (unpaired) electrons. The van der Waals surface area contributed by atoms with Crippen LogP contribution in [-0.2, 0) is 20.7 Å². The predicted molar refractivity (Wildman–Crippen MR) is 96.1 cm³/mol. The predicted octanol–water partition coefficient (Wildman–Crippen LogP) is 4.05. The van der Waals surface area contributed by atoms with Crippen LogP contribution in [-0.4, -0.2) is 25.3 Å². The van der Waals surface area contributed by atoms with Crippen LogP contribution in [0.15, 0.2) is 42.7 Å². The minimum Gasteiger partial charge on any atom is -0.497 e. The van der Waals surface area contributed by atoms with Crippen LogP contribution in [0.25, 0.3) is 0 Å². The van der Waals surface area contributed by atoms with Gasteiger partial charge in [-0.05, 0) is 36.3 Å². The highest BCUT2D eigenvalue weighted by atomic mass is 19.1. The summed E-state index contributed by atoms with van der Waals surface area (Å²) in [5.41, 5.74) is -0.116. The molecule has 1 heterocycles. The second kappa shape index (κ2) is 7.23. The average Bonchev–Trinajstić information content (AvgIpc) is 3.05. The molecule has 0 spiro atoms. The quantitative estimate of drug-likeness (QED) is 0.718. The zero-order valence-corrected chi connectivity index (χ0v) is 15.5. The highest BCUT2D eigenvalue weighted by molar-refractivity contribution is 5.94. The first kappa shape index (κ1) is 18.6. The fourth-order valence-electron chi connectivity index (χ4n) is 3.89. The number of hydrogen-bond acceptors (Lipinski definition) is 4. The lowest BCUT2D eigenvalue weighted by atomic mass is 9.69. The number of halogens is 1. The minimum absolute atomic E-state index is 0.0336. The number of hydrogen-bond donors (Lipinski definition) is 0. The molecule has 1 fully saturated rings. The average molecular weight is 360 g/mol. The van der Waals surface area contributed by atoms with Gasteiger partial charge in [-0.1, -0.05) is 26.0 Å². The van der Waals surface area contributed by atoms with Crippen molar-refractivity contribution in [2.75, 3.05) is 13.9 Å². The van der Waals surface area contributed by atoms with Crippen LogP contribution in [0.5, 0.6) is 5.75 Å². The van der Waals surface area contributed by atoms with E-state index in [1.54, 1.807) is 24.3 Å². The molecule has 26 heavy (non-hydrogen) atoms. The number of methoxy groups -OCH3 is 1. The van der Waals surface area contributed by atoms with E-state index in [0.29, 0.717) is 29.9 Å². The zero-order chi connectivity index (χ0) is 18.9. The van der Waals surface area contributed by atoms with Crippen molar-refractivity contribution in [1.29, 1.82) is 0 Å². The van der Waals surface area contributed by atoms with Gasteiger partial charge in [0.05, 0.1) is 7.11 Å². The Bertz CT molecular complexity index is 742. The van der Waals surface area contributed by atoms with Crippen molar-refractivity contribution in [1.82, 2.24) is 0 Å². The van der Waals surface area contributed by atoms with E-state index in [2.05, 4.69) is 6.58 Å². The van der Waals surface area contributed by atoms with E-state index in [-0.39, 0.29) is 36.1 Å². The van der Waals surface area contributed by atoms with Gasteiger partial charge in [-0.25, -0.2) is 4.39 Å². The first-order valence-corrected chi connectivity index (χ1v) is 8.89. The van der Waals surface area contributed by atoms with E-state index in [1.165, 1.54) is 13.2 Å². The molecule has 0 saturated carbocycles. The molecule has 1 aromatic carbocycles. The normalized spacial score (nSPS) is 27.2. The summed E-state index contributed by atoms with van der Waals surface area (Å²) < 4.78 is 31.1. The molecule has 140 valence electrons. The van der Waals surface area contributed by atoms with Crippen molar-refractivity contribution in [2.24, 2.45) is 17.8 Å². The fourth-order valence-corrected chi connectivity index (χ4v) is 3.89. The van der Waals surface area contributed by atoms with E-state index in [0.717, 1.165) is 0 Å². The third-order valence-corrected chi connectivity index (χ3v) is 5.70. The molecular formula is C21H25FO4. The Morgan fingerprint density at radius 1 is 1.46 bits per heavy atom. The molecule has 1 saturated heterocycles. The van der Waals surface area contributed by atoms with Crippen molar-refractivity contribution in [2.45, 2.75) is 32.3 Å². The maximum absolute atomic E-state index is 14.4. The number of ether oxygens (including phenoxy) is 3. The van der Waals surface area contributed by atoms with Gasteiger partial charge in [0.15, 0.2) is 12.6 Å². The number of benzene rings is 1. The maximum Gasteiger partial charge on any atom is 0.189 e. The number of carbonyl (C=O) groups excluding carboxylic acids is 1. The molecule has 1 aliphatic heterocycles. The Labute approximate surface area is 153 Å². The van der Waals surface area contributed by atoms with Gasteiger partial charge in [0, 0.05) is 18.1 Å². The maximum atomic E-state index is 14.4. The number of allylic oxidation sites excluding steroid dienone is 2. The van der Waals surface area contributed by atoms with Crippen LogP contribution in [0.2, 0.25) is 0 Å².